The summed E-state index contributed by atoms with van der Waals surface area (Å²) in [6, 6.07) is 9.63. The van der Waals surface area contributed by atoms with Crippen molar-refractivity contribution in [3.63, 3.8) is 0 Å². The van der Waals surface area contributed by atoms with Gasteiger partial charge in [0.25, 0.3) is 0 Å². The normalized spacial score (nSPS) is 22.1. The van der Waals surface area contributed by atoms with E-state index in [2.05, 4.69) is 21.9 Å². The van der Waals surface area contributed by atoms with Gasteiger partial charge in [-0.15, -0.1) is 0 Å². The Morgan fingerprint density at radius 3 is 2.84 bits per heavy atom. The van der Waals surface area contributed by atoms with Gasteiger partial charge in [-0.25, -0.2) is 4.98 Å². The second kappa shape index (κ2) is 9.84. The molecule has 11 heteroatoms. The summed E-state index contributed by atoms with van der Waals surface area (Å²) in [5, 5.41) is 0. The van der Waals surface area contributed by atoms with Crippen molar-refractivity contribution in [1.82, 2.24) is 19.5 Å². The predicted molar refractivity (Wildman–Crippen MR) is 115 cm³/mol. The highest BCUT2D eigenvalue weighted by molar-refractivity contribution is 7.40. The Labute approximate surface area is 181 Å². The number of fused-ring (bicyclic) bond motifs is 1. The molecule has 0 spiro atoms. The SMILES string of the molecule is CCOc1nc(N)nc2c1ncn2C1OC(COP(O)OCc2ccccc2)CC1C. The maximum atomic E-state index is 10.0. The summed E-state index contributed by atoms with van der Waals surface area (Å²) in [5.41, 5.74) is 7.92. The molecule has 0 saturated carbocycles. The molecule has 1 saturated heterocycles. The maximum Gasteiger partial charge on any atom is 0.330 e. The highest BCUT2D eigenvalue weighted by Gasteiger charge is 2.35. The van der Waals surface area contributed by atoms with Crippen LogP contribution in [0.4, 0.5) is 5.95 Å². The fourth-order valence-corrected chi connectivity index (χ4v) is 4.21. The minimum atomic E-state index is -1.99. The molecule has 1 aromatic carbocycles. The number of rotatable bonds is 9. The van der Waals surface area contributed by atoms with E-state index in [-0.39, 0.29) is 37.4 Å². The predicted octanol–water partition coefficient (Wildman–Crippen LogP) is 3.18. The summed E-state index contributed by atoms with van der Waals surface area (Å²) in [5.74, 6) is 0.647. The molecule has 1 fully saturated rings. The molecule has 1 aliphatic rings. The lowest BCUT2D eigenvalue weighted by Gasteiger charge is -2.18. The van der Waals surface area contributed by atoms with E-state index in [4.69, 9.17) is 24.3 Å². The molecule has 0 aliphatic carbocycles. The van der Waals surface area contributed by atoms with E-state index in [0.717, 1.165) is 12.0 Å². The third-order valence-corrected chi connectivity index (χ3v) is 5.69. The van der Waals surface area contributed by atoms with Crippen molar-refractivity contribution >= 4 is 25.7 Å². The highest BCUT2D eigenvalue weighted by Crippen LogP contribution is 2.40. The van der Waals surface area contributed by atoms with Crippen molar-refractivity contribution < 1.29 is 23.4 Å². The first kappa shape index (κ1) is 21.9. The summed E-state index contributed by atoms with van der Waals surface area (Å²) in [4.78, 5) is 22.9. The van der Waals surface area contributed by atoms with Gasteiger partial charge in [-0.05, 0) is 18.9 Å². The third kappa shape index (κ3) is 5.11. The fraction of sp³-hybridized carbons (Fsp3) is 0.450. The minimum Gasteiger partial charge on any atom is -0.476 e. The molecule has 31 heavy (non-hydrogen) atoms. The minimum absolute atomic E-state index is 0.115. The molecule has 3 N–H and O–H groups in total. The van der Waals surface area contributed by atoms with Gasteiger partial charge >= 0.3 is 8.60 Å². The maximum absolute atomic E-state index is 10.0. The van der Waals surface area contributed by atoms with E-state index in [9.17, 15) is 4.89 Å². The number of imidazole rings is 1. The van der Waals surface area contributed by atoms with Crippen LogP contribution in [0.25, 0.3) is 11.2 Å². The molecule has 10 nitrogen and oxygen atoms in total. The molecule has 0 radical (unpaired) electrons. The van der Waals surface area contributed by atoms with Crippen molar-refractivity contribution in [3.8, 4) is 5.88 Å². The number of hydrogen-bond acceptors (Lipinski definition) is 9. The lowest BCUT2D eigenvalue weighted by atomic mass is 10.1. The van der Waals surface area contributed by atoms with E-state index < -0.39 is 8.60 Å². The van der Waals surface area contributed by atoms with Gasteiger partial charge in [-0.1, -0.05) is 37.3 Å². The number of benzene rings is 1. The topological polar surface area (TPSA) is 127 Å². The molecule has 1 aliphatic heterocycles. The molecule has 0 bridgehead atoms. The van der Waals surface area contributed by atoms with Gasteiger partial charge in [0.05, 0.1) is 32.3 Å². The Kier molecular flexibility index (Phi) is 6.94. The van der Waals surface area contributed by atoms with Crippen molar-refractivity contribution in [2.45, 2.75) is 39.2 Å². The third-order valence-electron chi connectivity index (χ3n) is 4.97. The van der Waals surface area contributed by atoms with Crippen LogP contribution in [-0.2, 0) is 20.4 Å². The van der Waals surface area contributed by atoms with Gasteiger partial charge in [-0.3, -0.25) is 4.57 Å². The van der Waals surface area contributed by atoms with Gasteiger partial charge in [0.15, 0.2) is 11.2 Å². The second-order valence-corrected chi connectivity index (χ2v) is 8.29. The summed E-state index contributed by atoms with van der Waals surface area (Å²) in [6.45, 7) is 4.92. The zero-order valence-electron chi connectivity index (χ0n) is 17.4. The van der Waals surface area contributed by atoms with Gasteiger partial charge in [-0.2, -0.15) is 9.97 Å². The molecule has 3 aromatic rings. The van der Waals surface area contributed by atoms with Crippen molar-refractivity contribution in [2.75, 3.05) is 18.9 Å². The molecule has 2 aromatic heterocycles. The Balaban J connectivity index is 1.36. The summed E-state index contributed by atoms with van der Waals surface area (Å²) in [6.07, 6.45) is 1.93. The summed E-state index contributed by atoms with van der Waals surface area (Å²) in [7, 11) is -1.99. The Bertz CT molecular complexity index is 1000. The number of anilines is 1. The van der Waals surface area contributed by atoms with Gasteiger partial charge < -0.3 is 29.1 Å². The largest absolute Gasteiger partial charge is 0.476 e. The van der Waals surface area contributed by atoms with Crippen molar-refractivity contribution in [2.24, 2.45) is 5.92 Å². The standard InChI is InChI=1S/C20H26N5O5P/c1-3-27-18-16-17(23-20(21)24-18)25(12-22-16)19-13(2)9-15(30-19)11-29-31(26)28-10-14-7-5-4-6-8-14/h4-8,12-13,15,19,26H,3,9-11H2,1-2H3,(H2,21,23,24). The summed E-state index contributed by atoms with van der Waals surface area (Å²) >= 11 is 0. The van der Waals surface area contributed by atoms with Crippen LogP contribution < -0.4 is 10.5 Å². The lowest BCUT2D eigenvalue weighted by molar-refractivity contribution is -0.0277. The van der Waals surface area contributed by atoms with E-state index in [1.165, 1.54) is 0 Å². The van der Waals surface area contributed by atoms with Crippen LogP contribution >= 0.6 is 8.60 Å². The second-order valence-electron chi connectivity index (χ2n) is 7.30. The van der Waals surface area contributed by atoms with Crippen molar-refractivity contribution in [3.05, 3.63) is 42.2 Å². The van der Waals surface area contributed by atoms with Crippen LogP contribution in [0, 0.1) is 5.92 Å². The van der Waals surface area contributed by atoms with Gasteiger partial charge in [0.2, 0.25) is 11.8 Å². The number of hydrogen-bond donors (Lipinski definition) is 2. The Morgan fingerprint density at radius 2 is 2.06 bits per heavy atom. The first-order chi connectivity index (χ1) is 15.0. The average Bonchev–Trinajstić information content (AvgIpc) is 3.34. The van der Waals surface area contributed by atoms with E-state index in [1.54, 1.807) is 6.33 Å². The molecule has 4 unspecified atom stereocenters. The molecule has 4 atom stereocenters. The first-order valence-corrected chi connectivity index (χ1v) is 11.2. The molecule has 3 heterocycles. The van der Waals surface area contributed by atoms with E-state index in [0.29, 0.717) is 23.7 Å². The van der Waals surface area contributed by atoms with Crippen LogP contribution in [-0.4, -0.2) is 43.7 Å². The monoisotopic (exact) mass is 447 g/mol. The van der Waals surface area contributed by atoms with Crippen molar-refractivity contribution in [1.29, 1.82) is 0 Å². The summed E-state index contributed by atoms with van der Waals surface area (Å²) < 4.78 is 24.5. The zero-order valence-corrected chi connectivity index (χ0v) is 18.3. The number of nitrogens with two attached hydrogens (primary N) is 1. The van der Waals surface area contributed by atoms with E-state index >= 15 is 0 Å². The van der Waals surface area contributed by atoms with Crippen LogP contribution in [0.5, 0.6) is 5.88 Å². The number of aromatic nitrogens is 4. The number of nitrogens with zero attached hydrogens (tertiary/aromatic N) is 4. The molecule has 166 valence electrons. The smallest absolute Gasteiger partial charge is 0.330 e. The quantitative estimate of drug-likeness (QED) is 0.475. The zero-order chi connectivity index (χ0) is 21.8. The van der Waals surface area contributed by atoms with Gasteiger partial charge in [0.1, 0.15) is 6.23 Å². The Morgan fingerprint density at radius 1 is 1.26 bits per heavy atom. The van der Waals surface area contributed by atoms with Crippen LogP contribution in [0.15, 0.2) is 36.7 Å². The average molecular weight is 447 g/mol. The van der Waals surface area contributed by atoms with Crippen LogP contribution in [0.3, 0.4) is 0 Å². The van der Waals surface area contributed by atoms with Crippen LogP contribution in [0.1, 0.15) is 32.1 Å². The molecule has 4 rings (SSSR count). The molecular formula is C20H26N5O5P. The van der Waals surface area contributed by atoms with Gasteiger partial charge in [0, 0.05) is 5.92 Å². The molecular weight excluding hydrogens is 421 g/mol. The first-order valence-electron chi connectivity index (χ1n) is 10.1. The Hall–Kier alpha value is -2.36. The number of nitrogen functional groups attached to an aromatic ring is 1. The number of ether oxygens (including phenoxy) is 2. The van der Waals surface area contributed by atoms with E-state index in [1.807, 2.05) is 41.8 Å². The fourth-order valence-electron chi connectivity index (χ4n) is 3.58. The lowest BCUT2D eigenvalue weighted by Crippen LogP contribution is -2.16. The van der Waals surface area contributed by atoms with Crippen LogP contribution in [0.2, 0.25) is 0 Å². The molecule has 0 amide bonds. The highest BCUT2D eigenvalue weighted by atomic mass is 31.2.